The first-order valence-electron chi connectivity index (χ1n) is 8.92. The molecule has 5 heteroatoms. The molecule has 0 aliphatic rings. The van der Waals surface area contributed by atoms with Crippen molar-refractivity contribution in [3.8, 4) is 11.5 Å². The maximum absolute atomic E-state index is 12.6. The van der Waals surface area contributed by atoms with Gasteiger partial charge in [0.15, 0.2) is 17.3 Å². The Hall–Kier alpha value is -3.18. The number of rotatable bonds is 8. The fourth-order valence-electron chi connectivity index (χ4n) is 3.08. The number of fused-ring (bicyclic) bond motifs is 1. The van der Waals surface area contributed by atoms with E-state index in [2.05, 4.69) is 4.99 Å². The molecule has 0 N–H and O–H groups in total. The standard InChI is InChI=1S/C23H23NO4/c1-26-21-11-8-16(12-22(21)27-2)14-24-15-20(25)23(28-3)19-10-9-17-6-4-5-7-18(17)13-19/h4-14,23H,15H2,1-3H3. The first-order valence-corrected chi connectivity index (χ1v) is 8.92. The molecule has 0 aliphatic heterocycles. The molecule has 0 aromatic heterocycles. The summed E-state index contributed by atoms with van der Waals surface area (Å²) in [5, 5.41) is 2.20. The lowest BCUT2D eigenvalue weighted by Crippen LogP contribution is -2.17. The van der Waals surface area contributed by atoms with Crippen molar-refractivity contribution in [2.24, 2.45) is 4.99 Å². The van der Waals surface area contributed by atoms with Gasteiger partial charge in [0.2, 0.25) is 0 Å². The number of nitrogens with zero attached hydrogens (tertiary/aromatic N) is 1. The van der Waals surface area contributed by atoms with Crippen molar-refractivity contribution in [2.75, 3.05) is 27.9 Å². The summed E-state index contributed by atoms with van der Waals surface area (Å²) < 4.78 is 16.0. The number of hydrogen-bond acceptors (Lipinski definition) is 5. The van der Waals surface area contributed by atoms with Gasteiger partial charge in [0.05, 0.1) is 14.2 Å². The molecule has 28 heavy (non-hydrogen) atoms. The summed E-state index contributed by atoms with van der Waals surface area (Å²) >= 11 is 0. The third-order valence-corrected chi connectivity index (χ3v) is 4.50. The highest BCUT2D eigenvalue weighted by atomic mass is 16.5. The molecule has 3 rings (SSSR count). The van der Waals surface area contributed by atoms with Crippen molar-refractivity contribution in [3.05, 3.63) is 71.8 Å². The Morgan fingerprint density at radius 2 is 1.68 bits per heavy atom. The molecule has 5 nitrogen and oxygen atoms in total. The third-order valence-electron chi connectivity index (χ3n) is 4.50. The highest BCUT2D eigenvalue weighted by molar-refractivity contribution is 5.91. The van der Waals surface area contributed by atoms with Crippen LogP contribution in [0.4, 0.5) is 0 Å². The largest absolute Gasteiger partial charge is 0.493 e. The Kier molecular flexibility index (Phi) is 6.40. The lowest BCUT2D eigenvalue weighted by atomic mass is 10.0. The summed E-state index contributed by atoms with van der Waals surface area (Å²) in [7, 11) is 4.70. The van der Waals surface area contributed by atoms with Gasteiger partial charge >= 0.3 is 0 Å². The molecule has 3 aromatic carbocycles. The fourth-order valence-corrected chi connectivity index (χ4v) is 3.08. The molecule has 0 saturated carbocycles. The average Bonchev–Trinajstić information content (AvgIpc) is 2.74. The average molecular weight is 377 g/mol. The lowest BCUT2D eigenvalue weighted by Gasteiger charge is -2.14. The van der Waals surface area contributed by atoms with Crippen LogP contribution in [0.15, 0.2) is 65.7 Å². The fraction of sp³-hybridized carbons (Fsp3) is 0.217. The van der Waals surface area contributed by atoms with Gasteiger partial charge in [0.1, 0.15) is 12.6 Å². The van der Waals surface area contributed by atoms with E-state index in [-0.39, 0.29) is 12.3 Å². The zero-order chi connectivity index (χ0) is 19.9. The molecule has 1 unspecified atom stereocenters. The van der Waals surface area contributed by atoms with Crippen LogP contribution in [0.25, 0.3) is 10.8 Å². The Morgan fingerprint density at radius 1 is 0.929 bits per heavy atom. The van der Waals surface area contributed by atoms with Crippen LogP contribution in [0.2, 0.25) is 0 Å². The van der Waals surface area contributed by atoms with E-state index in [9.17, 15) is 4.79 Å². The number of ketones is 1. The zero-order valence-corrected chi connectivity index (χ0v) is 16.2. The van der Waals surface area contributed by atoms with Gasteiger partial charge in [-0.25, -0.2) is 0 Å². The molecule has 0 amide bonds. The predicted molar refractivity (Wildman–Crippen MR) is 111 cm³/mol. The molecular formula is C23H23NO4. The Morgan fingerprint density at radius 3 is 2.39 bits per heavy atom. The molecular weight excluding hydrogens is 354 g/mol. The molecule has 0 heterocycles. The van der Waals surface area contributed by atoms with Gasteiger partial charge < -0.3 is 14.2 Å². The maximum Gasteiger partial charge on any atom is 0.187 e. The van der Waals surface area contributed by atoms with Crippen LogP contribution in [-0.4, -0.2) is 39.9 Å². The van der Waals surface area contributed by atoms with E-state index in [1.54, 1.807) is 26.5 Å². The molecule has 0 aliphatic carbocycles. The van der Waals surface area contributed by atoms with Gasteiger partial charge in [-0.1, -0.05) is 36.4 Å². The predicted octanol–water partition coefficient (Wildman–Crippen LogP) is 4.23. The van der Waals surface area contributed by atoms with Crippen LogP contribution in [0.3, 0.4) is 0 Å². The summed E-state index contributed by atoms with van der Waals surface area (Å²) in [5.41, 5.74) is 1.65. The second kappa shape index (κ2) is 9.15. The summed E-state index contributed by atoms with van der Waals surface area (Å²) in [6.07, 6.45) is 1.000. The van der Waals surface area contributed by atoms with Crippen molar-refractivity contribution < 1.29 is 19.0 Å². The van der Waals surface area contributed by atoms with E-state index >= 15 is 0 Å². The van der Waals surface area contributed by atoms with E-state index in [0.29, 0.717) is 11.5 Å². The van der Waals surface area contributed by atoms with Gasteiger partial charge in [-0.3, -0.25) is 9.79 Å². The number of methoxy groups -OCH3 is 3. The Bertz CT molecular complexity index is 997. The van der Waals surface area contributed by atoms with Gasteiger partial charge in [0.25, 0.3) is 0 Å². The summed E-state index contributed by atoms with van der Waals surface area (Å²) in [5.74, 6) is 1.16. The molecule has 0 bridgehead atoms. The van der Waals surface area contributed by atoms with Gasteiger partial charge in [-0.2, -0.15) is 0 Å². The Balaban J connectivity index is 1.72. The van der Waals surface area contributed by atoms with Crippen LogP contribution in [0, 0.1) is 0 Å². The van der Waals surface area contributed by atoms with E-state index in [1.807, 2.05) is 54.6 Å². The normalized spacial score (nSPS) is 12.2. The van der Waals surface area contributed by atoms with Crippen molar-refractivity contribution in [2.45, 2.75) is 6.10 Å². The van der Waals surface area contributed by atoms with E-state index in [0.717, 1.165) is 21.9 Å². The Labute approximate surface area is 164 Å². The topological polar surface area (TPSA) is 57.1 Å². The van der Waals surface area contributed by atoms with Crippen LogP contribution in [0.5, 0.6) is 11.5 Å². The highest BCUT2D eigenvalue weighted by Gasteiger charge is 2.19. The number of carbonyl (C=O) groups is 1. The first kappa shape index (κ1) is 19.6. The second-order valence-corrected chi connectivity index (χ2v) is 6.27. The van der Waals surface area contributed by atoms with Crippen molar-refractivity contribution in [3.63, 3.8) is 0 Å². The summed E-state index contributed by atoms with van der Waals surface area (Å²) in [6, 6.07) is 19.4. The van der Waals surface area contributed by atoms with Crippen LogP contribution < -0.4 is 9.47 Å². The van der Waals surface area contributed by atoms with E-state index in [1.165, 1.54) is 7.11 Å². The molecule has 0 fully saturated rings. The minimum absolute atomic E-state index is 0.0275. The highest BCUT2D eigenvalue weighted by Crippen LogP contribution is 2.27. The van der Waals surface area contributed by atoms with Crippen LogP contribution in [-0.2, 0) is 9.53 Å². The van der Waals surface area contributed by atoms with Crippen molar-refractivity contribution in [1.29, 1.82) is 0 Å². The third kappa shape index (κ3) is 4.38. The molecule has 1 atom stereocenters. The molecule has 0 spiro atoms. The second-order valence-electron chi connectivity index (χ2n) is 6.27. The number of benzene rings is 3. The van der Waals surface area contributed by atoms with Gasteiger partial charge in [-0.05, 0) is 46.2 Å². The summed E-state index contributed by atoms with van der Waals surface area (Å²) in [6.45, 7) is 0.0275. The molecule has 3 aromatic rings. The maximum atomic E-state index is 12.6. The van der Waals surface area contributed by atoms with Crippen molar-refractivity contribution in [1.82, 2.24) is 0 Å². The number of Topliss-reactive ketones (excluding diaryl/α,β-unsaturated/α-hetero) is 1. The van der Waals surface area contributed by atoms with Crippen LogP contribution >= 0.6 is 0 Å². The summed E-state index contributed by atoms with van der Waals surface area (Å²) in [4.78, 5) is 16.9. The van der Waals surface area contributed by atoms with Gasteiger partial charge in [-0.15, -0.1) is 0 Å². The first-order chi connectivity index (χ1) is 13.7. The number of ether oxygens (including phenoxy) is 3. The van der Waals surface area contributed by atoms with E-state index in [4.69, 9.17) is 14.2 Å². The number of hydrogen-bond donors (Lipinski definition) is 0. The van der Waals surface area contributed by atoms with Gasteiger partial charge in [0, 0.05) is 13.3 Å². The quantitative estimate of drug-likeness (QED) is 0.551. The minimum atomic E-state index is -0.646. The van der Waals surface area contributed by atoms with Crippen LogP contribution in [0.1, 0.15) is 17.2 Å². The molecule has 0 saturated heterocycles. The van der Waals surface area contributed by atoms with E-state index < -0.39 is 6.10 Å². The molecule has 0 radical (unpaired) electrons. The smallest absolute Gasteiger partial charge is 0.187 e. The monoisotopic (exact) mass is 377 g/mol. The molecule has 144 valence electrons. The zero-order valence-electron chi connectivity index (χ0n) is 16.2. The van der Waals surface area contributed by atoms with Crippen molar-refractivity contribution >= 4 is 22.8 Å². The lowest BCUT2D eigenvalue weighted by molar-refractivity contribution is -0.127. The SMILES string of the molecule is COc1ccc(C=NCC(=O)C(OC)c2ccc3ccccc3c2)cc1OC. The number of carbonyl (C=O) groups excluding carboxylic acids is 1. The number of aliphatic imine (C=N–C) groups is 1. The minimum Gasteiger partial charge on any atom is -0.493 e.